The molecule has 3 aromatic rings. The average Bonchev–Trinajstić information content (AvgIpc) is 2.78. The molecule has 160 valence electrons. The van der Waals surface area contributed by atoms with Crippen LogP contribution in [-0.4, -0.2) is 33.4 Å². The molecule has 7 heteroatoms. The smallest absolute Gasteiger partial charge is 0.314 e. The molecule has 2 heterocycles. The fourth-order valence-corrected chi connectivity index (χ4v) is 3.31. The Kier molecular flexibility index (Phi) is 7.70. The van der Waals surface area contributed by atoms with E-state index in [2.05, 4.69) is 20.6 Å². The summed E-state index contributed by atoms with van der Waals surface area (Å²) < 4.78 is 0. The van der Waals surface area contributed by atoms with Crippen LogP contribution in [0.3, 0.4) is 0 Å². The lowest BCUT2D eigenvalue weighted by atomic mass is 9.90. The van der Waals surface area contributed by atoms with E-state index in [0.29, 0.717) is 25.1 Å². The van der Waals surface area contributed by atoms with Crippen LogP contribution in [0.2, 0.25) is 0 Å². The standard InChI is InChI=1S/C24H26N4O3/c1-17-15-19(11-14-25-17)28-16-18-7-2-3-8-20(18)23(29)21(24(30)31)9-6-13-27-22-10-4-5-12-26-22/h2-5,7-8,10-12,14-15,21H,6,9,13,16H2,1H3,(H,25,28)(H,26,27)(H,30,31)/t21-/m0/s1. The largest absolute Gasteiger partial charge is 0.481 e. The molecule has 0 amide bonds. The van der Waals surface area contributed by atoms with Crippen molar-refractivity contribution in [2.45, 2.75) is 26.3 Å². The molecule has 3 rings (SSSR count). The van der Waals surface area contributed by atoms with Crippen molar-refractivity contribution in [2.75, 3.05) is 17.2 Å². The highest BCUT2D eigenvalue weighted by Crippen LogP contribution is 2.20. The number of pyridine rings is 2. The van der Waals surface area contributed by atoms with Crippen LogP contribution < -0.4 is 10.6 Å². The molecule has 2 aromatic heterocycles. The van der Waals surface area contributed by atoms with Gasteiger partial charge in [-0.2, -0.15) is 0 Å². The molecule has 0 unspecified atom stereocenters. The SMILES string of the molecule is Cc1cc(NCc2ccccc2C(=O)[C@H](CCCNc2ccccn2)C(=O)O)ccn1. The van der Waals surface area contributed by atoms with Gasteiger partial charge in [-0.25, -0.2) is 4.98 Å². The summed E-state index contributed by atoms with van der Waals surface area (Å²) in [5.41, 5.74) is 2.98. The van der Waals surface area contributed by atoms with Crippen LogP contribution in [0.15, 0.2) is 67.0 Å². The fraction of sp³-hybridized carbons (Fsp3) is 0.250. The summed E-state index contributed by atoms with van der Waals surface area (Å²) in [5.74, 6) is -1.83. The molecule has 1 atom stereocenters. The third-order valence-electron chi connectivity index (χ3n) is 4.92. The third-order valence-corrected chi connectivity index (χ3v) is 4.92. The van der Waals surface area contributed by atoms with E-state index in [1.165, 1.54) is 0 Å². The zero-order valence-corrected chi connectivity index (χ0v) is 17.4. The molecule has 0 spiro atoms. The van der Waals surface area contributed by atoms with E-state index >= 15 is 0 Å². The molecule has 0 saturated carbocycles. The minimum absolute atomic E-state index is 0.249. The number of carbonyl (C=O) groups is 2. The number of ketones is 1. The number of nitrogens with zero attached hydrogens (tertiary/aromatic N) is 2. The molecular formula is C24H26N4O3. The van der Waals surface area contributed by atoms with E-state index in [0.717, 1.165) is 22.8 Å². The molecule has 31 heavy (non-hydrogen) atoms. The van der Waals surface area contributed by atoms with Gasteiger partial charge in [0, 0.05) is 42.4 Å². The summed E-state index contributed by atoms with van der Waals surface area (Å²) in [7, 11) is 0. The lowest BCUT2D eigenvalue weighted by molar-refractivity contribution is -0.140. The van der Waals surface area contributed by atoms with Crippen LogP contribution >= 0.6 is 0 Å². The van der Waals surface area contributed by atoms with Gasteiger partial charge in [0.05, 0.1) is 0 Å². The van der Waals surface area contributed by atoms with E-state index in [1.54, 1.807) is 24.5 Å². The number of hydrogen-bond acceptors (Lipinski definition) is 6. The molecule has 0 bridgehead atoms. The second-order valence-corrected chi connectivity index (χ2v) is 7.24. The molecule has 0 fully saturated rings. The topological polar surface area (TPSA) is 104 Å². The first-order valence-electron chi connectivity index (χ1n) is 10.2. The Morgan fingerprint density at radius 2 is 1.81 bits per heavy atom. The maximum Gasteiger partial charge on any atom is 0.314 e. The van der Waals surface area contributed by atoms with Gasteiger partial charge in [-0.05, 0) is 49.6 Å². The lowest BCUT2D eigenvalue weighted by Gasteiger charge is -2.15. The highest BCUT2D eigenvalue weighted by Gasteiger charge is 2.28. The van der Waals surface area contributed by atoms with Crippen LogP contribution in [0, 0.1) is 12.8 Å². The number of aliphatic carboxylic acids is 1. The zero-order valence-electron chi connectivity index (χ0n) is 17.4. The number of carboxylic acids is 1. The number of carboxylic acid groups (broad SMARTS) is 1. The van der Waals surface area contributed by atoms with E-state index in [1.807, 2.05) is 49.4 Å². The number of benzene rings is 1. The number of hydrogen-bond donors (Lipinski definition) is 3. The number of aromatic nitrogens is 2. The number of aryl methyl sites for hydroxylation is 1. The summed E-state index contributed by atoms with van der Waals surface area (Å²) >= 11 is 0. The Hall–Kier alpha value is -3.74. The third kappa shape index (κ3) is 6.37. The maximum absolute atomic E-state index is 13.1. The number of nitrogens with one attached hydrogen (secondary N) is 2. The van der Waals surface area contributed by atoms with E-state index < -0.39 is 11.9 Å². The molecule has 1 aromatic carbocycles. The van der Waals surface area contributed by atoms with Crippen molar-refractivity contribution in [3.8, 4) is 0 Å². The Bertz CT molecular complexity index is 1020. The monoisotopic (exact) mass is 418 g/mol. The fourth-order valence-electron chi connectivity index (χ4n) is 3.31. The average molecular weight is 418 g/mol. The van der Waals surface area contributed by atoms with Gasteiger partial charge in [-0.1, -0.05) is 30.3 Å². The quantitative estimate of drug-likeness (QED) is 0.244. The first-order chi connectivity index (χ1) is 15.0. The second-order valence-electron chi connectivity index (χ2n) is 7.24. The van der Waals surface area contributed by atoms with Crippen molar-refractivity contribution in [3.63, 3.8) is 0 Å². The Morgan fingerprint density at radius 3 is 2.55 bits per heavy atom. The second kappa shape index (κ2) is 10.9. The number of rotatable bonds is 11. The molecular weight excluding hydrogens is 392 g/mol. The van der Waals surface area contributed by atoms with Gasteiger partial charge < -0.3 is 15.7 Å². The maximum atomic E-state index is 13.1. The van der Waals surface area contributed by atoms with E-state index in [9.17, 15) is 14.7 Å². The van der Waals surface area contributed by atoms with Gasteiger partial charge >= 0.3 is 5.97 Å². The van der Waals surface area contributed by atoms with Gasteiger partial charge in [0.25, 0.3) is 0 Å². The summed E-state index contributed by atoms with van der Waals surface area (Å²) in [6, 6.07) is 16.4. The Morgan fingerprint density at radius 1 is 1.00 bits per heavy atom. The molecule has 0 aliphatic rings. The highest BCUT2D eigenvalue weighted by atomic mass is 16.4. The molecule has 7 nitrogen and oxygen atoms in total. The van der Waals surface area contributed by atoms with Gasteiger partial charge in [0.2, 0.25) is 0 Å². The van der Waals surface area contributed by atoms with Crippen molar-refractivity contribution in [1.29, 1.82) is 0 Å². The Labute approximate surface area is 181 Å². The zero-order chi connectivity index (χ0) is 22.1. The van der Waals surface area contributed by atoms with Gasteiger partial charge in [-0.3, -0.25) is 14.6 Å². The van der Waals surface area contributed by atoms with Gasteiger partial charge in [-0.15, -0.1) is 0 Å². The predicted octanol–water partition coefficient (Wildman–Crippen LogP) is 4.17. The highest BCUT2D eigenvalue weighted by molar-refractivity contribution is 6.09. The summed E-state index contributed by atoms with van der Waals surface area (Å²) in [6.07, 6.45) is 4.19. The van der Waals surface area contributed by atoms with Crippen molar-refractivity contribution in [2.24, 2.45) is 5.92 Å². The van der Waals surface area contributed by atoms with E-state index in [-0.39, 0.29) is 12.2 Å². The normalized spacial score (nSPS) is 11.5. The van der Waals surface area contributed by atoms with Crippen LogP contribution in [0.1, 0.15) is 34.5 Å². The lowest BCUT2D eigenvalue weighted by Crippen LogP contribution is -2.26. The van der Waals surface area contributed by atoms with Crippen molar-refractivity contribution in [1.82, 2.24) is 9.97 Å². The minimum atomic E-state index is -1.10. The predicted molar refractivity (Wildman–Crippen MR) is 120 cm³/mol. The van der Waals surface area contributed by atoms with Crippen LogP contribution in [0.4, 0.5) is 11.5 Å². The molecule has 0 aliphatic carbocycles. The minimum Gasteiger partial charge on any atom is -0.481 e. The first kappa shape index (κ1) is 22.0. The van der Waals surface area contributed by atoms with Gasteiger partial charge in [0.15, 0.2) is 5.78 Å². The molecule has 0 saturated heterocycles. The summed E-state index contributed by atoms with van der Waals surface area (Å²) in [6.45, 7) is 2.86. The molecule has 0 radical (unpaired) electrons. The number of Topliss-reactive ketones (excluding diaryl/α,β-unsaturated/α-hetero) is 1. The summed E-state index contributed by atoms with van der Waals surface area (Å²) in [5, 5.41) is 16.1. The number of anilines is 2. The Balaban J connectivity index is 1.63. The van der Waals surface area contributed by atoms with Crippen LogP contribution in [-0.2, 0) is 11.3 Å². The number of carbonyl (C=O) groups excluding carboxylic acids is 1. The van der Waals surface area contributed by atoms with Crippen molar-refractivity contribution >= 4 is 23.3 Å². The molecule has 3 N–H and O–H groups in total. The van der Waals surface area contributed by atoms with Crippen LogP contribution in [0.25, 0.3) is 0 Å². The van der Waals surface area contributed by atoms with Gasteiger partial charge in [0.1, 0.15) is 11.7 Å². The first-order valence-corrected chi connectivity index (χ1v) is 10.2. The van der Waals surface area contributed by atoms with Crippen molar-refractivity contribution in [3.05, 3.63) is 83.8 Å². The molecule has 0 aliphatic heterocycles. The van der Waals surface area contributed by atoms with Crippen LogP contribution in [0.5, 0.6) is 0 Å². The summed E-state index contributed by atoms with van der Waals surface area (Å²) in [4.78, 5) is 33.3. The van der Waals surface area contributed by atoms with Crippen molar-refractivity contribution < 1.29 is 14.7 Å². The van der Waals surface area contributed by atoms with E-state index in [4.69, 9.17) is 0 Å².